The molecule has 2 heterocycles. The largest absolute Gasteiger partial charge is 0.382 e. The number of hydrogen-bond donors (Lipinski definition) is 2. The maximum atomic E-state index is 10.9. The van der Waals surface area contributed by atoms with Crippen molar-refractivity contribution in [1.29, 1.82) is 0 Å². The number of carbonyl (C=O) groups excluding carboxylic acids is 1. The second-order valence-corrected chi connectivity index (χ2v) is 6.54. The highest BCUT2D eigenvalue weighted by atomic mass is 35.5. The van der Waals surface area contributed by atoms with Gasteiger partial charge in [-0.15, -0.1) is 15.3 Å². The Morgan fingerprint density at radius 2 is 2.04 bits per heavy atom. The van der Waals surface area contributed by atoms with Gasteiger partial charge in [-0.05, 0) is 11.6 Å². The molecule has 4 N–H and O–H groups in total. The summed E-state index contributed by atoms with van der Waals surface area (Å²) in [5.74, 6) is 0.484. The molecule has 1 aromatic carbocycles. The first-order valence-electron chi connectivity index (χ1n) is 7.20. The highest BCUT2D eigenvalue weighted by Crippen LogP contribution is 2.26. The zero-order valence-electron chi connectivity index (χ0n) is 13.3. The Morgan fingerprint density at radius 1 is 1.28 bits per heavy atom. The normalized spacial score (nSPS) is 11.0. The van der Waals surface area contributed by atoms with Gasteiger partial charge in [0.05, 0.1) is 12.3 Å². The van der Waals surface area contributed by atoms with E-state index in [9.17, 15) is 4.79 Å². The Hall–Kier alpha value is -2.59. The van der Waals surface area contributed by atoms with Crippen LogP contribution in [0.25, 0.3) is 11.5 Å². The fraction of sp³-hybridized carbons (Fsp3) is 0.214. The number of carbonyl (C=O) groups is 1. The summed E-state index contributed by atoms with van der Waals surface area (Å²) in [4.78, 5) is 10.9. The van der Waals surface area contributed by atoms with Crippen LogP contribution < -0.4 is 11.5 Å². The second-order valence-electron chi connectivity index (χ2n) is 5.19. The molecule has 0 spiro atoms. The minimum atomic E-state index is -0.431. The number of nitrogen functional groups attached to an aromatic ring is 1. The molecule has 3 rings (SSSR count). The van der Waals surface area contributed by atoms with Gasteiger partial charge in [0.2, 0.25) is 5.91 Å². The lowest BCUT2D eigenvalue weighted by Crippen LogP contribution is -2.13. The van der Waals surface area contributed by atoms with Crippen molar-refractivity contribution in [2.24, 2.45) is 12.8 Å². The molecule has 0 radical (unpaired) electrons. The number of aromatic nitrogens is 6. The van der Waals surface area contributed by atoms with Gasteiger partial charge in [0, 0.05) is 12.1 Å². The summed E-state index contributed by atoms with van der Waals surface area (Å²) in [5.41, 5.74) is 12.6. The molecule has 11 heteroatoms. The maximum absolute atomic E-state index is 10.9. The third-order valence-electron chi connectivity index (χ3n) is 3.44. The summed E-state index contributed by atoms with van der Waals surface area (Å²) in [6.45, 7) is 0.389. The standard InChI is InChI=1S/C14H15ClN8OS/c1-22-13(19-20-14(22)25-7-10(16)24)11-12(17)23(21-18-11)6-8-4-2-3-5-9(8)15/h2-5H,6-7,17H2,1H3,(H2,16,24). The molecule has 2 aromatic heterocycles. The molecule has 0 atom stereocenters. The van der Waals surface area contributed by atoms with E-state index in [0.29, 0.717) is 34.1 Å². The van der Waals surface area contributed by atoms with Crippen LogP contribution >= 0.6 is 23.4 Å². The number of amides is 1. The first-order chi connectivity index (χ1) is 12.0. The number of thioether (sulfide) groups is 1. The zero-order valence-corrected chi connectivity index (χ0v) is 14.8. The van der Waals surface area contributed by atoms with Gasteiger partial charge >= 0.3 is 0 Å². The van der Waals surface area contributed by atoms with Crippen molar-refractivity contribution in [3.05, 3.63) is 34.9 Å². The molecule has 0 aliphatic heterocycles. The molecule has 0 saturated carbocycles. The van der Waals surface area contributed by atoms with Crippen LogP contribution in [-0.4, -0.2) is 41.4 Å². The number of primary amides is 1. The first kappa shape index (κ1) is 17.2. The number of halogens is 1. The first-order valence-corrected chi connectivity index (χ1v) is 8.57. The van der Waals surface area contributed by atoms with Gasteiger partial charge in [0.1, 0.15) is 0 Å². The number of nitrogens with two attached hydrogens (primary N) is 2. The molecule has 3 aromatic rings. The van der Waals surface area contributed by atoms with Crippen molar-refractivity contribution in [3.63, 3.8) is 0 Å². The van der Waals surface area contributed by atoms with E-state index in [1.807, 2.05) is 18.2 Å². The molecular weight excluding hydrogens is 364 g/mol. The Kier molecular flexibility index (Phi) is 4.91. The fourth-order valence-electron chi connectivity index (χ4n) is 2.17. The van der Waals surface area contributed by atoms with Crippen LogP contribution in [0.4, 0.5) is 5.82 Å². The van der Waals surface area contributed by atoms with Crippen molar-refractivity contribution in [2.75, 3.05) is 11.5 Å². The van der Waals surface area contributed by atoms with Crippen molar-refractivity contribution < 1.29 is 4.79 Å². The Labute approximate surface area is 152 Å². The third-order valence-corrected chi connectivity index (χ3v) is 4.85. The quantitative estimate of drug-likeness (QED) is 0.610. The van der Waals surface area contributed by atoms with Gasteiger partial charge < -0.3 is 16.0 Å². The van der Waals surface area contributed by atoms with Crippen LogP contribution in [-0.2, 0) is 18.4 Å². The van der Waals surface area contributed by atoms with Crippen LogP contribution in [0.3, 0.4) is 0 Å². The van der Waals surface area contributed by atoms with Crippen molar-refractivity contribution in [1.82, 2.24) is 29.8 Å². The van der Waals surface area contributed by atoms with Crippen LogP contribution in [0.5, 0.6) is 0 Å². The van der Waals surface area contributed by atoms with Gasteiger partial charge in [0.25, 0.3) is 0 Å². The van der Waals surface area contributed by atoms with E-state index in [4.69, 9.17) is 23.1 Å². The number of nitrogens with zero attached hydrogens (tertiary/aromatic N) is 6. The minimum Gasteiger partial charge on any atom is -0.382 e. The summed E-state index contributed by atoms with van der Waals surface area (Å²) in [7, 11) is 1.76. The van der Waals surface area contributed by atoms with E-state index in [0.717, 1.165) is 5.56 Å². The molecule has 0 saturated heterocycles. The molecule has 9 nitrogen and oxygen atoms in total. The lowest BCUT2D eigenvalue weighted by molar-refractivity contribution is -0.115. The van der Waals surface area contributed by atoms with E-state index in [1.165, 1.54) is 11.8 Å². The van der Waals surface area contributed by atoms with Gasteiger partial charge in [0.15, 0.2) is 22.5 Å². The molecule has 0 fully saturated rings. The number of rotatable bonds is 6. The summed E-state index contributed by atoms with van der Waals surface area (Å²) in [6, 6.07) is 7.44. The lowest BCUT2D eigenvalue weighted by Gasteiger charge is -2.06. The Balaban J connectivity index is 1.86. The average Bonchev–Trinajstić information content (AvgIpc) is 3.11. The number of anilines is 1. The number of hydrogen-bond acceptors (Lipinski definition) is 7. The molecule has 0 aliphatic carbocycles. The van der Waals surface area contributed by atoms with Gasteiger partial charge in [-0.2, -0.15) is 0 Å². The lowest BCUT2D eigenvalue weighted by atomic mass is 10.2. The van der Waals surface area contributed by atoms with Crippen molar-refractivity contribution >= 4 is 35.1 Å². The summed E-state index contributed by atoms with van der Waals surface area (Å²) in [6.07, 6.45) is 0. The molecule has 0 bridgehead atoms. The fourth-order valence-corrected chi connectivity index (χ4v) is 3.01. The summed E-state index contributed by atoms with van der Waals surface area (Å²) in [5, 5.41) is 17.4. The van der Waals surface area contributed by atoms with Gasteiger partial charge in [-0.1, -0.05) is 46.8 Å². The number of benzene rings is 1. The highest BCUT2D eigenvalue weighted by molar-refractivity contribution is 7.99. The van der Waals surface area contributed by atoms with Crippen LogP contribution in [0.15, 0.2) is 29.4 Å². The average molecular weight is 379 g/mol. The highest BCUT2D eigenvalue weighted by Gasteiger charge is 2.19. The van der Waals surface area contributed by atoms with Crippen LogP contribution in [0, 0.1) is 0 Å². The molecule has 130 valence electrons. The molecule has 25 heavy (non-hydrogen) atoms. The van der Waals surface area contributed by atoms with Crippen LogP contribution in [0.1, 0.15) is 5.56 Å². The molecule has 0 aliphatic rings. The maximum Gasteiger partial charge on any atom is 0.227 e. The van der Waals surface area contributed by atoms with E-state index < -0.39 is 5.91 Å². The topological polar surface area (TPSA) is 131 Å². The Morgan fingerprint density at radius 3 is 2.76 bits per heavy atom. The van der Waals surface area contributed by atoms with Crippen LogP contribution in [0.2, 0.25) is 5.02 Å². The zero-order chi connectivity index (χ0) is 18.0. The molecule has 1 amide bonds. The van der Waals surface area contributed by atoms with Gasteiger partial charge in [-0.3, -0.25) is 4.79 Å². The monoisotopic (exact) mass is 378 g/mol. The predicted molar refractivity (Wildman–Crippen MR) is 94.9 cm³/mol. The van der Waals surface area contributed by atoms with Gasteiger partial charge in [-0.25, -0.2) is 4.68 Å². The molecular formula is C14H15ClN8OS. The third kappa shape index (κ3) is 3.59. The predicted octanol–water partition coefficient (Wildman–Crippen LogP) is 0.935. The SMILES string of the molecule is Cn1c(SCC(N)=O)nnc1-c1nnn(Cc2ccccc2Cl)c1N. The van der Waals surface area contributed by atoms with E-state index in [1.54, 1.807) is 22.4 Å². The Bertz CT molecular complexity index is 921. The van der Waals surface area contributed by atoms with E-state index in [2.05, 4.69) is 20.5 Å². The smallest absolute Gasteiger partial charge is 0.227 e. The van der Waals surface area contributed by atoms with Crippen molar-refractivity contribution in [2.45, 2.75) is 11.7 Å². The summed E-state index contributed by atoms with van der Waals surface area (Å²) >= 11 is 7.36. The van der Waals surface area contributed by atoms with E-state index >= 15 is 0 Å². The minimum absolute atomic E-state index is 0.112. The molecule has 0 unspecified atom stereocenters. The van der Waals surface area contributed by atoms with Crippen molar-refractivity contribution in [3.8, 4) is 11.5 Å². The second kappa shape index (κ2) is 7.11. The van der Waals surface area contributed by atoms with E-state index in [-0.39, 0.29) is 5.75 Å². The summed E-state index contributed by atoms with van der Waals surface area (Å²) < 4.78 is 3.23.